The van der Waals surface area contributed by atoms with Gasteiger partial charge in [0.25, 0.3) is 0 Å². The molecule has 0 atom stereocenters. The van der Waals surface area contributed by atoms with Crippen molar-refractivity contribution in [2.75, 3.05) is 20.3 Å². The number of unbranched alkanes of at least 4 members (excludes halogenated alkanes) is 2. The summed E-state index contributed by atoms with van der Waals surface area (Å²) in [5.74, 6) is -1.48. The molecule has 3 rings (SSSR count). The molecule has 1 heterocycles. The van der Waals surface area contributed by atoms with Crippen molar-refractivity contribution < 1.29 is 72.8 Å². The molecule has 0 saturated carbocycles. The molecule has 0 fully saturated rings. The largest absolute Gasteiger partial charge is 0.496 e. The van der Waals surface area contributed by atoms with Gasteiger partial charge in [0, 0.05) is 22.6 Å². The molecule has 0 radical (unpaired) electrons. The van der Waals surface area contributed by atoms with Crippen LogP contribution in [-0.4, -0.2) is 51.1 Å². The van der Waals surface area contributed by atoms with E-state index in [9.17, 15) is 44.7 Å². The number of halogens is 8. The average Bonchev–Trinajstić information content (AvgIpc) is 2.96. The maximum Gasteiger partial charge on any atom is 0.496 e. The van der Waals surface area contributed by atoms with E-state index in [1.807, 2.05) is 6.07 Å². The Morgan fingerprint density at radius 3 is 2.08 bits per heavy atom. The zero-order chi connectivity index (χ0) is 35.9. The van der Waals surface area contributed by atoms with Crippen LogP contribution in [0, 0.1) is 0 Å². The highest BCUT2D eigenvalue weighted by atomic mass is 19.3. The predicted molar refractivity (Wildman–Crippen MR) is 152 cm³/mol. The standard InChI is InChI=1S/C31H30F8O9/c1-5-6-7-8-19-9-12-22(25(13-19)42-4)23-14-20-10-11-21(15-24(20)45-27(23)41)43-16-28(32,33)46-30(36,37)48-31(38,39)47-29(34,35)17-44-26(40)18(2)3/h9-15H,2,5-8,16-17H2,1,3-4H3. The summed E-state index contributed by atoms with van der Waals surface area (Å²) in [5, 5.41) is 0.308. The quantitative estimate of drug-likeness (QED) is 0.0326. The minimum absolute atomic E-state index is 0.127. The van der Waals surface area contributed by atoms with Crippen LogP contribution in [0.2, 0.25) is 0 Å². The summed E-state index contributed by atoms with van der Waals surface area (Å²) >= 11 is 0. The maximum absolute atomic E-state index is 14.1. The lowest BCUT2D eigenvalue weighted by molar-refractivity contribution is -0.574. The summed E-state index contributed by atoms with van der Waals surface area (Å²) in [6.07, 6.45) is -18.1. The van der Waals surface area contributed by atoms with Crippen LogP contribution in [-0.2, 0) is 30.2 Å². The number of ether oxygens (including phenoxy) is 6. The summed E-state index contributed by atoms with van der Waals surface area (Å²) in [6, 6.07) is 10.2. The Labute approximate surface area is 267 Å². The number of benzene rings is 2. The zero-order valence-electron chi connectivity index (χ0n) is 25.7. The van der Waals surface area contributed by atoms with E-state index in [4.69, 9.17) is 13.9 Å². The van der Waals surface area contributed by atoms with Crippen molar-refractivity contribution >= 4 is 16.9 Å². The molecule has 0 aliphatic heterocycles. The van der Waals surface area contributed by atoms with Gasteiger partial charge in [-0.2, -0.15) is 17.6 Å². The Balaban J connectivity index is 1.67. The van der Waals surface area contributed by atoms with Crippen molar-refractivity contribution in [2.45, 2.75) is 64.3 Å². The molecule has 9 nitrogen and oxygen atoms in total. The molecule has 264 valence electrons. The molecule has 48 heavy (non-hydrogen) atoms. The molecular formula is C31H30F8O9. The SMILES string of the molecule is C=C(C)C(=O)OCC(F)(F)OC(F)(F)OC(F)(F)OC(F)(F)COc1ccc2cc(-c3ccc(CCCCC)cc3OC)c(=O)oc2c1. The first-order chi connectivity index (χ1) is 22.3. The number of rotatable bonds is 18. The summed E-state index contributed by atoms with van der Waals surface area (Å²) < 4.78 is 138. The van der Waals surface area contributed by atoms with Gasteiger partial charge in [-0.15, -0.1) is 17.6 Å². The maximum atomic E-state index is 14.1. The van der Waals surface area contributed by atoms with E-state index in [0.717, 1.165) is 50.3 Å². The van der Waals surface area contributed by atoms with Gasteiger partial charge >= 0.3 is 36.4 Å². The van der Waals surface area contributed by atoms with Gasteiger partial charge in [0.05, 0.1) is 12.7 Å². The molecule has 0 amide bonds. The van der Waals surface area contributed by atoms with Crippen molar-refractivity contribution in [2.24, 2.45) is 0 Å². The first-order valence-electron chi connectivity index (χ1n) is 14.1. The van der Waals surface area contributed by atoms with E-state index in [0.29, 0.717) is 16.7 Å². The number of carbonyl (C=O) groups excluding carboxylic acids is 1. The van der Waals surface area contributed by atoms with Crippen LogP contribution in [0.25, 0.3) is 22.1 Å². The summed E-state index contributed by atoms with van der Waals surface area (Å²) in [7, 11) is 1.44. The highest BCUT2D eigenvalue weighted by molar-refractivity contribution is 5.87. The Morgan fingerprint density at radius 2 is 1.48 bits per heavy atom. The third kappa shape index (κ3) is 11.2. The monoisotopic (exact) mass is 698 g/mol. The minimum Gasteiger partial charge on any atom is -0.496 e. The van der Waals surface area contributed by atoms with Gasteiger partial charge in [-0.05, 0) is 49.6 Å². The highest BCUT2D eigenvalue weighted by Gasteiger charge is 2.57. The number of hydrogen-bond acceptors (Lipinski definition) is 9. The zero-order valence-corrected chi connectivity index (χ0v) is 25.7. The van der Waals surface area contributed by atoms with Gasteiger partial charge in [-0.25, -0.2) is 23.8 Å². The number of methoxy groups -OCH3 is 1. The molecule has 0 aliphatic rings. The molecule has 0 N–H and O–H groups in total. The van der Waals surface area contributed by atoms with E-state index in [1.54, 1.807) is 12.1 Å². The van der Waals surface area contributed by atoms with E-state index in [2.05, 4.69) is 32.5 Å². The van der Waals surface area contributed by atoms with Crippen LogP contribution >= 0.6 is 0 Å². The summed E-state index contributed by atoms with van der Waals surface area (Å²) in [6.45, 7) is 1.95. The van der Waals surface area contributed by atoms with Gasteiger partial charge < -0.3 is 18.6 Å². The number of aryl methyl sites for hydroxylation is 1. The second-order valence-electron chi connectivity index (χ2n) is 10.3. The van der Waals surface area contributed by atoms with Crippen molar-refractivity contribution in [1.82, 2.24) is 0 Å². The Hall–Kier alpha value is -4.22. The topological polar surface area (TPSA) is 103 Å². The number of carbonyl (C=O) groups is 1. The smallest absolute Gasteiger partial charge is 0.496 e. The van der Waals surface area contributed by atoms with E-state index in [1.165, 1.54) is 19.2 Å². The lowest BCUT2D eigenvalue weighted by Crippen LogP contribution is -2.46. The van der Waals surface area contributed by atoms with Gasteiger partial charge in [-0.3, -0.25) is 0 Å². The number of fused-ring (bicyclic) bond motifs is 1. The fraction of sp³-hybridized carbons (Fsp3) is 0.419. The third-order valence-electron chi connectivity index (χ3n) is 6.23. The summed E-state index contributed by atoms with van der Waals surface area (Å²) in [5.41, 5.74) is 0.172. The average molecular weight is 699 g/mol. The normalized spacial score (nSPS) is 12.6. The minimum atomic E-state index is -5.92. The molecule has 0 aliphatic carbocycles. The number of alkyl halides is 8. The fourth-order valence-corrected chi connectivity index (χ4v) is 4.09. The molecule has 0 saturated heterocycles. The van der Waals surface area contributed by atoms with Crippen LogP contribution in [0.5, 0.6) is 11.5 Å². The van der Waals surface area contributed by atoms with Crippen molar-refractivity contribution in [3.8, 4) is 22.6 Å². The van der Waals surface area contributed by atoms with E-state index in [-0.39, 0.29) is 11.1 Å². The van der Waals surface area contributed by atoms with Gasteiger partial charge in [0.15, 0.2) is 13.2 Å². The Kier molecular flexibility index (Phi) is 12.2. The van der Waals surface area contributed by atoms with Crippen molar-refractivity contribution in [1.29, 1.82) is 0 Å². The molecule has 17 heteroatoms. The van der Waals surface area contributed by atoms with Gasteiger partial charge in [0.2, 0.25) is 0 Å². The van der Waals surface area contributed by atoms with Crippen LogP contribution in [0.1, 0.15) is 38.7 Å². The fourth-order valence-electron chi connectivity index (χ4n) is 4.09. The van der Waals surface area contributed by atoms with Gasteiger partial charge in [0.1, 0.15) is 17.1 Å². The molecule has 3 aromatic rings. The van der Waals surface area contributed by atoms with E-state index < -0.39 is 60.9 Å². The Morgan fingerprint density at radius 1 is 0.833 bits per heavy atom. The second kappa shape index (κ2) is 15.3. The molecule has 0 unspecified atom stereocenters. The lowest BCUT2D eigenvalue weighted by atomic mass is 10.00. The van der Waals surface area contributed by atoms with Crippen molar-refractivity contribution in [3.05, 3.63) is 70.6 Å². The molecule has 1 aromatic heterocycles. The number of esters is 1. The van der Waals surface area contributed by atoms with E-state index >= 15 is 0 Å². The highest BCUT2D eigenvalue weighted by Crippen LogP contribution is 2.37. The molecule has 0 spiro atoms. The molecular weight excluding hydrogens is 668 g/mol. The van der Waals surface area contributed by atoms with Crippen molar-refractivity contribution in [3.63, 3.8) is 0 Å². The Bertz CT molecular complexity index is 1660. The third-order valence-corrected chi connectivity index (χ3v) is 6.23. The van der Waals surface area contributed by atoms with Crippen LogP contribution in [0.3, 0.4) is 0 Å². The predicted octanol–water partition coefficient (Wildman–Crippen LogP) is 8.04. The van der Waals surface area contributed by atoms with Crippen LogP contribution < -0.4 is 15.1 Å². The summed E-state index contributed by atoms with van der Waals surface area (Å²) in [4.78, 5) is 24.0. The molecule has 0 bridgehead atoms. The first-order valence-corrected chi connectivity index (χ1v) is 14.1. The van der Waals surface area contributed by atoms with Crippen LogP contribution in [0.4, 0.5) is 35.1 Å². The van der Waals surface area contributed by atoms with Crippen LogP contribution in [0.15, 0.2) is 63.8 Å². The molecule has 2 aromatic carbocycles. The first kappa shape index (κ1) is 38.2. The van der Waals surface area contributed by atoms with Gasteiger partial charge in [-0.1, -0.05) is 38.5 Å². The number of hydrogen-bond donors (Lipinski definition) is 0. The second-order valence-corrected chi connectivity index (χ2v) is 10.3. The lowest BCUT2D eigenvalue weighted by Gasteiger charge is -2.27.